The Kier molecular flexibility index (Phi) is 5.95. The van der Waals surface area contributed by atoms with E-state index >= 15 is 0 Å². The SMILES string of the molecule is NC(=N/C(=C(\N)c1ccnc(C(F)(F)F)c1)c1ccccc1F)Nc1cccnc1. The molecule has 1 aromatic carbocycles. The fraction of sp³-hybridized carbons (Fsp3) is 0.0500. The first-order valence-corrected chi connectivity index (χ1v) is 8.55. The first-order chi connectivity index (χ1) is 14.3. The summed E-state index contributed by atoms with van der Waals surface area (Å²) < 4.78 is 53.5. The molecule has 0 radical (unpaired) electrons. The minimum atomic E-state index is -4.67. The van der Waals surface area contributed by atoms with Gasteiger partial charge in [-0.05, 0) is 36.4 Å². The molecule has 5 N–H and O–H groups in total. The summed E-state index contributed by atoms with van der Waals surface area (Å²) in [6, 6.07) is 10.9. The Labute approximate surface area is 169 Å². The van der Waals surface area contributed by atoms with Crippen molar-refractivity contribution in [3.05, 3.63) is 89.8 Å². The number of hydrogen-bond donors (Lipinski definition) is 3. The maximum atomic E-state index is 14.4. The van der Waals surface area contributed by atoms with Gasteiger partial charge in [-0.15, -0.1) is 0 Å². The Hall–Kier alpha value is -3.95. The molecule has 154 valence electrons. The summed E-state index contributed by atoms with van der Waals surface area (Å²) >= 11 is 0. The van der Waals surface area contributed by atoms with Crippen LogP contribution < -0.4 is 16.8 Å². The highest BCUT2D eigenvalue weighted by molar-refractivity contribution is 6.00. The third kappa shape index (κ3) is 4.90. The third-order valence-corrected chi connectivity index (χ3v) is 3.91. The highest BCUT2D eigenvalue weighted by atomic mass is 19.4. The maximum Gasteiger partial charge on any atom is 0.433 e. The van der Waals surface area contributed by atoms with Crippen LogP contribution in [0.5, 0.6) is 0 Å². The predicted octanol–water partition coefficient (Wildman–Crippen LogP) is 3.85. The molecule has 6 nitrogen and oxygen atoms in total. The van der Waals surface area contributed by atoms with Gasteiger partial charge in [-0.25, -0.2) is 9.38 Å². The fourth-order valence-electron chi connectivity index (χ4n) is 2.54. The molecule has 0 bridgehead atoms. The minimum Gasteiger partial charge on any atom is -0.396 e. The molecular formula is C20H16F4N6. The molecule has 0 fully saturated rings. The van der Waals surface area contributed by atoms with Crippen molar-refractivity contribution >= 4 is 23.0 Å². The summed E-state index contributed by atoms with van der Waals surface area (Å²) in [5, 5.41) is 2.76. The Bertz CT molecular complexity index is 1090. The van der Waals surface area contributed by atoms with Gasteiger partial charge in [0.25, 0.3) is 0 Å². The van der Waals surface area contributed by atoms with Gasteiger partial charge < -0.3 is 16.8 Å². The second-order valence-corrected chi connectivity index (χ2v) is 6.03. The molecule has 0 saturated heterocycles. The van der Waals surface area contributed by atoms with E-state index in [1.165, 1.54) is 30.5 Å². The van der Waals surface area contributed by atoms with Crippen LogP contribution in [-0.4, -0.2) is 15.9 Å². The molecule has 0 unspecified atom stereocenters. The smallest absolute Gasteiger partial charge is 0.396 e. The number of nitrogens with zero attached hydrogens (tertiary/aromatic N) is 3. The summed E-state index contributed by atoms with van der Waals surface area (Å²) in [5.41, 5.74) is 11.0. The van der Waals surface area contributed by atoms with Crippen LogP contribution in [0.3, 0.4) is 0 Å². The van der Waals surface area contributed by atoms with Gasteiger partial charge in [0, 0.05) is 23.5 Å². The van der Waals surface area contributed by atoms with E-state index in [0.717, 1.165) is 12.3 Å². The van der Waals surface area contributed by atoms with Crippen molar-refractivity contribution in [3.63, 3.8) is 0 Å². The zero-order valence-electron chi connectivity index (χ0n) is 15.4. The van der Waals surface area contributed by atoms with Gasteiger partial charge in [0.1, 0.15) is 17.2 Å². The number of aliphatic imine (C=N–C) groups is 1. The Balaban J connectivity index is 2.12. The zero-order chi connectivity index (χ0) is 21.7. The van der Waals surface area contributed by atoms with Gasteiger partial charge in [-0.1, -0.05) is 12.1 Å². The van der Waals surface area contributed by atoms with Crippen molar-refractivity contribution in [2.75, 3.05) is 5.32 Å². The number of anilines is 1. The van der Waals surface area contributed by atoms with Crippen LogP contribution in [0.2, 0.25) is 0 Å². The molecule has 0 aliphatic heterocycles. The standard InChI is InChI=1S/C20H16F4N6/c21-15-6-2-1-5-14(15)18(30-19(26)29-13-4-3-8-27-11-13)17(25)12-7-9-28-16(10-12)20(22,23)24/h1-11H,25H2,(H3,26,29,30)/b18-17-. The van der Waals surface area contributed by atoms with Gasteiger partial charge in [-0.2, -0.15) is 13.2 Å². The van der Waals surface area contributed by atoms with Crippen LogP contribution in [-0.2, 0) is 6.18 Å². The van der Waals surface area contributed by atoms with E-state index < -0.39 is 17.7 Å². The highest BCUT2D eigenvalue weighted by Gasteiger charge is 2.32. The normalized spacial score (nSPS) is 13.0. The number of benzene rings is 1. The van der Waals surface area contributed by atoms with Crippen LogP contribution in [0.4, 0.5) is 23.2 Å². The second kappa shape index (κ2) is 8.60. The molecule has 3 aromatic rings. The van der Waals surface area contributed by atoms with Crippen LogP contribution >= 0.6 is 0 Å². The number of hydrogen-bond acceptors (Lipinski definition) is 4. The van der Waals surface area contributed by atoms with Gasteiger partial charge in [0.2, 0.25) is 0 Å². The van der Waals surface area contributed by atoms with E-state index in [9.17, 15) is 17.6 Å². The van der Waals surface area contributed by atoms with Crippen LogP contribution in [0.25, 0.3) is 11.4 Å². The number of nitrogens with one attached hydrogen (secondary N) is 1. The van der Waals surface area contributed by atoms with Crippen molar-refractivity contribution in [2.24, 2.45) is 16.5 Å². The molecule has 2 heterocycles. The molecule has 30 heavy (non-hydrogen) atoms. The van der Waals surface area contributed by atoms with E-state index in [0.29, 0.717) is 5.69 Å². The fourth-order valence-corrected chi connectivity index (χ4v) is 2.54. The zero-order valence-corrected chi connectivity index (χ0v) is 15.4. The van der Waals surface area contributed by atoms with Crippen molar-refractivity contribution in [3.8, 4) is 0 Å². The van der Waals surface area contributed by atoms with Crippen molar-refractivity contribution in [1.82, 2.24) is 9.97 Å². The molecule has 3 rings (SSSR count). The maximum absolute atomic E-state index is 14.4. The number of nitrogens with two attached hydrogens (primary N) is 2. The first kappa shape index (κ1) is 20.8. The third-order valence-electron chi connectivity index (χ3n) is 3.91. The van der Waals surface area contributed by atoms with Crippen molar-refractivity contribution < 1.29 is 17.6 Å². The topological polar surface area (TPSA) is 102 Å². The monoisotopic (exact) mass is 416 g/mol. The van der Waals surface area contributed by atoms with Crippen molar-refractivity contribution in [1.29, 1.82) is 0 Å². The van der Waals surface area contributed by atoms with Gasteiger partial charge in [-0.3, -0.25) is 9.97 Å². The lowest BCUT2D eigenvalue weighted by Crippen LogP contribution is -2.23. The van der Waals surface area contributed by atoms with E-state index in [-0.39, 0.29) is 28.5 Å². The summed E-state index contributed by atoms with van der Waals surface area (Å²) in [4.78, 5) is 11.4. The average molecular weight is 416 g/mol. The lowest BCUT2D eigenvalue weighted by Gasteiger charge is -2.13. The van der Waals surface area contributed by atoms with E-state index in [4.69, 9.17) is 11.5 Å². The molecule has 0 atom stereocenters. The Morgan fingerprint density at radius 3 is 2.43 bits per heavy atom. The van der Waals surface area contributed by atoms with Gasteiger partial charge in [0.15, 0.2) is 5.96 Å². The van der Waals surface area contributed by atoms with E-state index in [1.54, 1.807) is 24.4 Å². The van der Waals surface area contributed by atoms with E-state index in [2.05, 4.69) is 20.3 Å². The second-order valence-electron chi connectivity index (χ2n) is 6.03. The minimum absolute atomic E-state index is 0.0312. The Morgan fingerprint density at radius 2 is 1.77 bits per heavy atom. The van der Waals surface area contributed by atoms with Crippen LogP contribution in [0.1, 0.15) is 16.8 Å². The molecule has 10 heteroatoms. The summed E-state index contributed by atoms with van der Waals surface area (Å²) in [6.07, 6.45) is -0.664. The first-order valence-electron chi connectivity index (χ1n) is 8.55. The quantitative estimate of drug-likeness (QED) is 0.341. The van der Waals surface area contributed by atoms with Gasteiger partial charge >= 0.3 is 6.18 Å². The number of aromatic nitrogens is 2. The lowest BCUT2D eigenvalue weighted by atomic mass is 10.1. The summed E-state index contributed by atoms with van der Waals surface area (Å²) in [6.45, 7) is 0. The van der Waals surface area contributed by atoms with Crippen molar-refractivity contribution in [2.45, 2.75) is 6.18 Å². The molecule has 0 spiro atoms. The van der Waals surface area contributed by atoms with Crippen LogP contribution in [0, 0.1) is 5.82 Å². The predicted molar refractivity (Wildman–Crippen MR) is 106 cm³/mol. The number of pyridine rings is 2. The number of alkyl halides is 3. The molecule has 0 aliphatic rings. The molecule has 0 saturated carbocycles. The largest absolute Gasteiger partial charge is 0.433 e. The molecule has 0 aliphatic carbocycles. The summed E-state index contributed by atoms with van der Waals surface area (Å²) in [5.74, 6) is -0.826. The van der Waals surface area contributed by atoms with Crippen LogP contribution in [0.15, 0.2) is 72.1 Å². The highest BCUT2D eigenvalue weighted by Crippen LogP contribution is 2.31. The van der Waals surface area contributed by atoms with Gasteiger partial charge in [0.05, 0.1) is 17.6 Å². The number of rotatable bonds is 4. The number of guanidine groups is 1. The number of halogens is 4. The molecule has 0 amide bonds. The average Bonchev–Trinajstić information content (AvgIpc) is 2.72. The lowest BCUT2D eigenvalue weighted by molar-refractivity contribution is -0.141. The Morgan fingerprint density at radius 1 is 1.00 bits per heavy atom. The van der Waals surface area contributed by atoms with E-state index in [1.807, 2.05) is 0 Å². The molecular weight excluding hydrogens is 400 g/mol. The summed E-state index contributed by atoms with van der Waals surface area (Å²) in [7, 11) is 0. The molecule has 2 aromatic heterocycles.